The van der Waals surface area contributed by atoms with Gasteiger partial charge >= 0.3 is 0 Å². The molecule has 1 saturated heterocycles. The van der Waals surface area contributed by atoms with Crippen LogP contribution in [0.5, 0.6) is 0 Å². The Morgan fingerprint density at radius 1 is 1.67 bits per heavy atom. The molecule has 0 amide bonds. The Labute approximate surface area is 54.6 Å². The van der Waals surface area contributed by atoms with Gasteiger partial charge in [0.2, 0.25) is 0 Å². The van der Waals surface area contributed by atoms with Gasteiger partial charge in [-0.2, -0.15) is 0 Å². The van der Waals surface area contributed by atoms with Crippen LogP contribution in [0.2, 0.25) is 1.41 Å². The highest BCUT2D eigenvalue weighted by molar-refractivity contribution is 4.89. The monoisotopic (exact) mass is 134 g/mol. The first-order valence-electron chi connectivity index (χ1n) is 3.34. The molecular formula is C5H11NO3. The van der Waals surface area contributed by atoms with Crippen molar-refractivity contribution in [1.29, 1.82) is 0 Å². The zero-order chi connectivity index (χ0) is 7.72. The summed E-state index contributed by atoms with van der Waals surface area (Å²) < 4.78 is 7.10. The Bertz CT molecular complexity index is 123. The Morgan fingerprint density at radius 3 is 2.56 bits per heavy atom. The minimum absolute atomic E-state index is 0.104. The van der Waals surface area contributed by atoms with Crippen LogP contribution >= 0.6 is 0 Å². The molecule has 1 aliphatic rings. The summed E-state index contributed by atoms with van der Waals surface area (Å²) in [5.41, 5.74) is 0. The van der Waals surface area contributed by atoms with E-state index in [0.717, 1.165) is 5.31 Å². The lowest BCUT2D eigenvalue weighted by molar-refractivity contribution is 0.0295. The fourth-order valence-corrected chi connectivity index (χ4v) is 0.882. The molecule has 0 aromatic carbocycles. The van der Waals surface area contributed by atoms with E-state index in [0.29, 0.717) is 0 Å². The Kier molecular flexibility index (Phi) is 1.63. The fourth-order valence-electron chi connectivity index (χ4n) is 0.882. The van der Waals surface area contributed by atoms with Crippen molar-refractivity contribution < 1.29 is 16.7 Å². The molecule has 1 fully saturated rings. The lowest BCUT2D eigenvalue weighted by Crippen LogP contribution is -2.35. The van der Waals surface area contributed by atoms with E-state index in [4.69, 9.17) is 16.7 Å². The molecular weight excluding hydrogens is 122 g/mol. The topological polar surface area (TPSA) is 72.7 Å². The number of hydrogen-bond donors (Lipinski definition) is 4. The molecule has 0 aromatic rings. The van der Waals surface area contributed by atoms with E-state index in [1.54, 1.807) is 0 Å². The normalized spacial score (nSPS) is 47.4. The Hall–Kier alpha value is -0.160. The molecule has 4 heteroatoms. The van der Waals surface area contributed by atoms with Gasteiger partial charge in [0.05, 0.1) is 24.9 Å². The molecule has 0 bridgehead atoms. The van der Waals surface area contributed by atoms with Gasteiger partial charge in [-0.25, -0.2) is 0 Å². The van der Waals surface area contributed by atoms with Gasteiger partial charge in [-0.3, -0.25) is 0 Å². The van der Waals surface area contributed by atoms with Crippen LogP contribution in [0.25, 0.3) is 0 Å². The van der Waals surface area contributed by atoms with E-state index in [1.807, 2.05) is 0 Å². The van der Waals surface area contributed by atoms with Crippen molar-refractivity contribution in [1.82, 2.24) is 5.31 Å². The first-order valence-corrected chi connectivity index (χ1v) is 2.89. The zero-order valence-corrected chi connectivity index (χ0v) is 4.94. The summed E-state index contributed by atoms with van der Waals surface area (Å²) in [7, 11) is 0. The summed E-state index contributed by atoms with van der Waals surface area (Å²) in [6.07, 6.45) is -1.88. The molecule has 9 heavy (non-hydrogen) atoms. The lowest BCUT2D eigenvalue weighted by atomic mass is 10.1. The van der Waals surface area contributed by atoms with E-state index in [1.165, 1.54) is 0 Å². The minimum Gasteiger partial charge on any atom is -0.395 e. The van der Waals surface area contributed by atoms with Crippen LogP contribution in [-0.4, -0.2) is 46.7 Å². The largest absolute Gasteiger partial charge is 0.395 e. The van der Waals surface area contributed by atoms with E-state index < -0.39 is 18.2 Å². The number of aliphatic hydroxyl groups excluding tert-OH is 3. The van der Waals surface area contributed by atoms with Crippen molar-refractivity contribution in [2.75, 3.05) is 13.2 Å². The van der Waals surface area contributed by atoms with Crippen molar-refractivity contribution in [2.45, 2.75) is 18.2 Å². The molecule has 1 heterocycles. The molecule has 4 N–H and O–H groups in total. The van der Waals surface area contributed by atoms with Crippen LogP contribution in [-0.2, 0) is 0 Å². The van der Waals surface area contributed by atoms with Gasteiger partial charge in [0.15, 0.2) is 0 Å². The lowest BCUT2D eigenvalue weighted by Gasteiger charge is -2.11. The average molecular weight is 134 g/mol. The number of aliphatic hydroxyl groups is 3. The molecule has 0 aromatic heterocycles. The van der Waals surface area contributed by atoms with E-state index in [2.05, 4.69) is 0 Å². The maximum atomic E-state index is 9.06. The summed E-state index contributed by atoms with van der Waals surface area (Å²) in [4.78, 5) is 0. The minimum atomic E-state index is -0.984. The highest BCUT2D eigenvalue weighted by Gasteiger charge is 2.31. The number of nitrogens with one attached hydrogen (secondary N) is 1. The van der Waals surface area contributed by atoms with Crippen molar-refractivity contribution in [3.63, 3.8) is 0 Å². The molecule has 3 atom stereocenters. The molecule has 1 aliphatic heterocycles. The predicted molar refractivity (Wildman–Crippen MR) is 30.9 cm³/mol. The summed E-state index contributed by atoms with van der Waals surface area (Å²) >= 11 is 0. The maximum absolute atomic E-state index is 9.06. The second kappa shape index (κ2) is 2.62. The van der Waals surface area contributed by atoms with Gasteiger partial charge in [-0.15, -0.1) is 0 Å². The third-order valence-corrected chi connectivity index (χ3v) is 1.50. The molecule has 1 rings (SSSR count). The Balaban J connectivity index is 2.55. The zero-order valence-electron chi connectivity index (χ0n) is 5.94. The number of hydrogen-bond acceptors (Lipinski definition) is 4. The quantitative estimate of drug-likeness (QED) is 0.324. The molecule has 4 nitrogen and oxygen atoms in total. The van der Waals surface area contributed by atoms with E-state index in [9.17, 15) is 0 Å². The number of rotatable bonds is 1. The van der Waals surface area contributed by atoms with Crippen LogP contribution in [0, 0.1) is 0 Å². The summed E-state index contributed by atoms with van der Waals surface area (Å²) in [5.74, 6) is 0. The third-order valence-electron chi connectivity index (χ3n) is 1.50. The second-order valence-electron chi connectivity index (χ2n) is 2.17. The summed E-state index contributed by atoms with van der Waals surface area (Å²) in [6.45, 7) is -0.186. The van der Waals surface area contributed by atoms with Crippen molar-refractivity contribution in [2.24, 2.45) is 0 Å². The van der Waals surface area contributed by atoms with Crippen LogP contribution in [0.1, 0.15) is 0 Å². The van der Waals surface area contributed by atoms with Gasteiger partial charge in [0.1, 0.15) is 1.41 Å². The number of β-amino-alcohol motifs (C(OH)–C–C–N with tert-alkyl or cyclic N) is 1. The first-order chi connectivity index (χ1) is 4.66. The molecule has 54 valence electrons. The van der Waals surface area contributed by atoms with E-state index >= 15 is 0 Å². The van der Waals surface area contributed by atoms with Gasteiger partial charge in [-0.05, 0) is 0 Å². The van der Waals surface area contributed by atoms with Crippen LogP contribution in [0.3, 0.4) is 0 Å². The first kappa shape index (κ1) is 5.61. The van der Waals surface area contributed by atoms with Crippen molar-refractivity contribution in [3.8, 4) is 0 Å². The summed E-state index contributed by atoms with van der Waals surface area (Å²) in [6, 6.07) is -0.630. The smallest absolute Gasteiger partial charge is 0.123 e. The van der Waals surface area contributed by atoms with Gasteiger partial charge in [0, 0.05) is 6.54 Å². The highest BCUT2D eigenvalue weighted by atomic mass is 16.3. The average Bonchev–Trinajstić information content (AvgIpc) is 2.09. The van der Waals surface area contributed by atoms with Crippen LogP contribution in [0.15, 0.2) is 0 Å². The van der Waals surface area contributed by atoms with Gasteiger partial charge < -0.3 is 20.6 Å². The second-order valence-corrected chi connectivity index (χ2v) is 2.17. The molecule has 0 radical (unpaired) electrons. The summed E-state index contributed by atoms with van der Waals surface area (Å²) in [5, 5.41) is 27.6. The standard InChI is InChI=1S/C5H11NO3/c7-2-3-5(9)4(8)1-6-3/h3-9H,1-2H2/t3-,4-,5+/m1/s1/i/hD. The molecule has 0 spiro atoms. The Morgan fingerprint density at radius 2 is 2.33 bits per heavy atom. The fraction of sp³-hybridized carbons (Fsp3) is 1.00. The van der Waals surface area contributed by atoms with E-state index in [-0.39, 0.29) is 13.2 Å². The van der Waals surface area contributed by atoms with Gasteiger partial charge in [0.25, 0.3) is 0 Å². The SMILES string of the molecule is [2H]N1C[C@@H](O)[C@@H](O)[C@H]1CO. The van der Waals surface area contributed by atoms with Crippen LogP contribution in [0.4, 0.5) is 0 Å². The molecule has 0 saturated carbocycles. The van der Waals surface area contributed by atoms with Crippen LogP contribution < -0.4 is 5.31 Å². The molecule has 0 unspecified atom stereocenters. The maximum Gasteiger partial charge on any atom is 0.123 e. The van der Waals surface area contributed by atoms with Gasteiger partial charge in [-0.1, -0.05) is 0 Å². The molecule has 0 aliphatic carbocycles. The van der Waals surface area contributed by atoms with Crippen molar-refractivity contribution in [3.05, 3.63) is 0 Å². The third kappa shape index (κ3) is 1.21. The van der Waals surface area contributed by atoms with Crippen molar-refractivity contribution >= 4 is 0 Å². The highest BCUT2D eigenvalue weighted by Crippen LogP contribution is 2.05. The predicted octanol–water partition coefficient (Wildman–Crippen LogP) is -2.33.